The van der Waals surface area contributed by atoms with Crippen molar-refractivity contribution >= 4 is 5.82 Å². The van der Waals surface area contributed by atoms with Gasteiger partial charge in [0.05, 0.1) is 18.9 Å². The molecule has 5 heterocycles. The number of morpholine rings is 1. The quantitative estimate of drug-likeness (QED) is 0.679. The van der Waals surface area contributed by atoms with Crippen LogP contribution in [0.4, 0.5) is 5.82 Å². The average molecular weight is 388 g/mol. The van der Waals surface area contributed by atoms with Crippen LogP contribution in [0.15, 0.2) is 49.1 Å². The van der Waals surface area contributed by atoms with Crippen LogP contribution in [-0.4, -0.2) is 57.7 Å². The maximum absolute atomic E-state index is 5.42. The number of anilines is 1. The number of hydrogen-bond donors (Lipinski definition) is 0. The lowest BCUT2D eigenvalue weighted by atomic mass is 10.1. The Morgan fingerprint density at radius 1 is 0.966 bits per heavy atom. The summed E-state index contributed by atoms with van der Waals surface area (Å²) >= 11 is 0. The number of nitrogens with zero attached hydrogens (tertiary/aromatic N) is 6. The van der Waals surface area contributed by atoms with Crippen LogP contribution < -0.4 is 4.90 Å². The molecule has 0 N–H and O–H groups in total. The molecular formula is C22H24N6O. The molecule has 29 heavy (non-hydrogen) atoms. The fourth-order valence-corrected chi connectivity index (χ4v) is 3.89. The Kier molecular flexibility index (Phi) is 5.15. The summed E-state index contributed by atoms with van der Waals surface area (Å²) in [4.78, 5) is 22.9. The molecule has 0 amide bonds. The third-order valence-corrected chi connectivity index (χ3v) is 5.48. The van der Waals surface area contributed by atoms with Gasteiger partial charge in [-0.3, -0.25) is 9.88 Å². The van der Waals surface area contributed by atoms with E-state index in [-0.39, 0.29) is 0 Å². The van der Waals surface area contributed by atoms with E-state index in [1.807, 2.05) is 30.7 Å². The van der Waals surface area contributed by atoms with Crippen molar-refractivity contribution in [1.82, 2.24) is 24.8 Å². The molecule has 0 unspecified atom stereocenters. The van der Waals surface area contributed by atoms with E-state index in [0.29, 0.717) is 0 Å². The fourth-order valence-electron chi connectivity index (χ4n) is 3.89. The highest BCUT2D eigenvalue weighted by Gasteiger charge is 2.19. The van der Waals surface area contributed by atoms with Crippen molar-refractivity contribution in [3.05, 3.63) is 65.9 Å². The molecule has 0 bridgehead atoms. The molecule has 7 nitrogen and oxygen atoms in total. The van der Waals surface area contributed by atoms with Crippen LogP contribution in [0.2, 0.25) is 0 Å². The number of rotatable bonds is 4. The number of fused-ring (bicyclic) bond motifs is 1. The zero-order chi connectivity index (χ0) is 19.5. The van der Waals surface area contributed by atoms with E-state index in [1.165, 1.54) is 11.1 Å². The van der Waals surface area contributed by atoms with E-state index in [4.69, 9.17) is 9.72 Å². The smallest absolute Gasteiger partial charge is 0.160 e. The molecule has 3 aromatic rings. The van der Waals surface area contributed by atoms with Crippen molar-refractivity contribution in [3.8, 4) is 11.4 Å². The van der Waals surface area contributed by atoms with Crippen molar-refractivity contribution in [1.29, 1.82) is 0 Å². The third-order valence-electron chi connectivity index (χ3n) is 5.48. The number of pyridine rings is 2. The summed E-state index contributed by atoms with van der Waals surface area (Å²) in [5, 5.41) is 0. The van der Waals surface area contributed by atoms with Gasteiger partial charge in [0.2, 0.25) is 0 Å². The topological polar surface area (TPSA) is 67.3 Å². The lowest BCUT2D eigenvalue weighted by Gasteiger charge is -2.29. The Morgan fingerprint density at radius 2 is 1.90 bits per heavy atom. The molecule has 0 aliphatic carbocycles. The first-order chi connectivity index (χ1) is 14.3. The molecule has 7 heteroatoms. The second-order valence-corrected chi connectivity index (χ2v) is 7.49. The van der Waals surface area contributed by atoms with Crippen LogP contribution >= 0.6 is 0 Å². The lowest BCUT2D eigenvalue weighted by molar-refractivity contribution is 0.122. The summed E-state index contributed by atoms with van der Waals surface area (Å²) in [6, 6.07) is 8.23. The maximum atomic E-state index is 5.42. The Labute approximate surface area is 170 Å². The summed E-state index contributed by atoms with van der Waals surface area (Å²) in [6.45, 7) is 6.13. The predicted molar refractivity (Wildman–Crippen MR) is 110 cm³/mol. The van der Waals surface area contributed by atoms with Crippen LogP contribution in [0.3, 0.4) is 0 Å². The first-order valence-electron chi connectivity index (χ1n) is 10.1. The Balaban J connectivity index is 1.24. The first-order valence-corrected chi connectivity index (χ1v) is 10.1. The van der Waals surface area contributed by atoms with Gasteiger partial charge in [0.15, 0.2) is 5.82 Å². The van der Waals surface area contributed by atoms with Gasteiger partial charge in [-0.1, -0.05) is 6.07 Å². The summed E-state index contributed by atoms with van der Waals surface area (Å²) < 4.78 is 5.42. The molecule has 0 aromatic carbocycles. The first kappa shape index (κ1) is 18.1. The Morgan fingerprint density at radius 3 is 2.69 bits per heavy atom. The van der Waals surface area contributed by atoms with Crippen molar-refractivity contribution in [2.75, 3.05) is 37.7 Å². The number of aromatic nitrogens is 4. The SMILES string of the molecule is c1cncc(-c2ncc3c(n2)CCN(Cc2ccc(N4CCOCC4)nc2)C3)c1. The third kappa shape index (κ3) is 4.11. The van der Waals surface area contributed by atoms with Gasteiger partial charge >= 0.3 is 0 Å². The van der Waals surface area contributed by atoms with Gasteiger partial charge in [-0.25, -0.2) is 15.0 Å². The lowest BCUT2D eigenvalue weighted by Crippen LogP contribution is -2.36. The standard InChI is InChI=1S/C22H24N6O/c1-2-18(13-23-6-1)22-25-14-19-16-27(7-5-20(19)26-22)15-17-3-4-21(24-12-17)28-8-10-29-11-9-28/h1-4,6,12-14H,5,7-11,15-16H2. The number of hydrogen-bond acceptors (Lipinski definition) is 7. The summed E-state index contributed by atoms with van der Waals surface area (Å²) in [5.74, 6) is 1.80. The molecule has 0 saturated carbocycles. The fraction of sp³-hybridized carbons (Fsp3) is 0.364. The minimum atomic E-state index is 0.758. The molecule has 2 aliphatic rings. The van der Waals surface area contributed by atoms with Gasteiger partial charge in [0.25, 0.3) is 0 Å². The average Bonchev–Trinajstić information content (AvgIpc) is 2.80. The highest BCUT2D eigenvalue weighted by atomic mass is 16.5. The molecule has 5 rings (SSSR count). The minimum absolute atomic E-state index is 0.758. The molecular weight excluding hydrogens is 364 g/mol. The van der Waals surface area contributed by atoms with Gasteiger partial charge in [0, 0.05) is 75.1 Å². The van der Waals surface area contributed by atoms with Crippen LogP contribution in [0, 0.1) is 0 Å². The molecule has 3 aromatic heterocycles. The van der Waals surface area contributed by atoms with Crippen molar-refractivity contribution < 1.29 is 4.74 Å². The van der Waals surface area contributed by atoms with E-state index in [1.54, 1.807) is 6.20 Å². The van der Waals surface area contributed by atoms with Gasteiger partial charge in [0.1, 0.15) is 5.82 Å². The second kappa shape index (κ2) is 8.23. The van der Waals surface area contributed by atoms with Crippen molar-refractivity contribution in [2.24, 2.45) is 0 Å². The highest BCUT2D eigenvalue weighted by molar-refractivity contribution is 5.53. The number of ether oxygens (including phenoxy) is 1. The van der Waals surface area contributed by atoms with E-state index in [2.05, 4.69) is 36.9 Å². The van der Waals surface area contributed by atoms with E-state index >= 15 is 0 Å². The zero-order valence-electron chi connectivity index (χ0n) is 16.4. The molecule has 2 aliphatic heterocycles. The van der Waals surface area contributed by atoms with E-state index in [9.17, 15) is 0 Å². The molecule has 0 spiro atoms. The van der Waals surface area contributed by atoms with Crippen molar-refractivity contribution in [3.63, 3.8) is 0 Å². The van der Waals surface area contributed by atoms with E-state index in [0.717, 1.165) is 75.3 Å². The highest BCUT2D eigenvalue weighted by Crippen LogP contribution is 2.22. The molecule has 0 atom stereocenters. The van der Waals surface area contributed by atoms with Gasteiger partial charge in [-0.2, -0.15) is 0 Å². The normalized spacial score (nSPS) is 17.2. The summed E-state index contributed by atoms with van der Waals surface area (Å²) in [7, 11) is 0. The minimum Gasteiger partial charge on any atom is -0.378 e. The monoisotopic (exact) mass is 388 g/mol. The molecule has 1 fully saturated rings. The Hall–Kier alpha value is -2.90. The summed E-state index contributed by atoms with van der Waals surface area (Å²) in [6.07, 6.45) is 8.48. The summed E-state index contributed by atoms with van der Waals surface area (Å²) in [5.41, 5.74) is 4.56. The van der Waals surface area contributed by atoms with Gasteiger partial charge in [-0.15, -0.1) is 0 Å². The maximum Gasteiger partial charge on any atom is 0.160 e. The largest absolute Gasteiger partial charge is 0.378 e. The molecule has 1 saturated heterocycles. The van der Waals surface area contributed by atoms with Crippen LogP contribution in [0.25, 0.3) is 11.4 Å². The molecule has 148 valence electrons. The zero-order valence-corrected chi connectivity index (χ0v) is 16.4. The van der Waals surface area contributed by atoms with Crippen LogP contribution in [0.1, 0.15) is 16.8 Å². The van der Waals surface area contributed by atoms with Crippen molar-refractivity contribution in [2.45, 2.75) is 19.5 Å². The predicted octanol–water partition coefficient (Wildman–Crippen LogP) is 2.33. The molecule has 0 radical (unpaired) electrons. The van der Waals surface area contributed by atoms with Gasteiger partial charge in [-0.05, 0) is 23.8 Å². The van der Waals surface area contributed by atoms with E-state index < -0.39 is 0 Å². The second-order valence-electron chi connectivity index (χ2n) is 7.49. The van der Waals surface area contributed by atoms with Crippen LogP contribution in [-0.2, 0) is 24.2 Å². The Bertz CT molecular complexity index is 957. The van der Waals surface area contributed by atoms with Crippen LogP contribution in [0.5, 0.6) is 0 Å². The van der Waals surface area contributed by atoms with Gasteiger partial charge < -0.3 is 9.64 Å².